The first-order valence-electron chi connectivity index (χ1n) is 29.6. The van der Waals surface area contributed by atoms with Gasteiger partial charge in [0.05, 0.1) is 32.0 Å². The Morgan fingerprint density at radius 2 is 1.10 bits per heavy atom. The first kappa shape index (κ1) is 61.4. The van der Waals surface area contributed by atoms with Crippen LogP contribution in [0.3, 0.4) is 0 Å². The van der Waals surface area contributed by atoms with Gasteiger partial charge in [-0.05, 0) is 99.9 Å². The molecule has 10 heteroatoms. The van der Waals surface area contributed by atoms with Gasteiger partial charge in [-0.2, -0.15) is 0 Å². The van der Waals surface area contributed by atoms with Crippen LogP contribution in [0.5, 0.6) is 0 Å². The van der Waals surface area contributed by atoms with E-state index in [4.69, 9.17) is 14.2 Å². The molecule has 12 atom stereocenters. The molecule has 71 heavy (non-hydrogen) atoms. The van der Waals surface area contributed by atoms with Crippen LogP contribution in [-0.2, 0) is 25.6 Å². The fourth-order valence-electron chi connectivity index (χ4n) is 10.8. The van der Waals surface area contributed by atoms with Gasteiger partial charge >= 0.3 is 0 Å². The summed E-state index contributed by atoms with van der Waals surface area (Å²) in [5, 5.41) is 57.0. The molecule has 0 radical (unpaired) electrons. The first-order chi connectivity index (χ1) is 34.7. The molecule has 1 aromatic carbocycles. The third-order valence-corrected chi connectivity index (χ3v) is 15.8. The number of carbonyl (C=O) groups is 1. The van der Waals surface area contributed by atoms with Crippen LogP contribution in [0.1, 0.15) is 231 Å². The highest BCUT2D eigenvalue weighted by Gasteiger charge is 2.46. The van der Waals surface area contributed by atoms with Crippen LogP contribution in [0.15, 0.2) is 54.6 Å². The van der Waals surface area contributed by atoms with E-state index >= 15 is 0 Å². The summed E-state index contributed by atoms with van der Waals surface area (Å²) < 4.78 is 18.1. The summed E-state index contributed by atoms with van der Waals surface area (Å²) in [5.41, 5.74) is 0.845. The second-order valence-corrected chi connectivity index (χ2v) is 22.1. The van der Waals surface area contributed by atoms with Crippen molar-refractivity contribution >= 4 is 5.91 Å². The number of amides is 1. The van der Waals surface area contributed by atoms with Crippen molar-refractivity contribution in [1.82, 2.24) is 5.32 Å². The van der Waals surface area contributed by atoms with E-state index in [-0.39, 0.29) is 19.6 Å². The van der Waals surface area contributed by atoms with Crippen molar-refractivity contribution in [2.45, 2.75) is 281 Å². The van der Waals surface area contributed by atoms with E-state index in [1.807, 2.05) is 30.3 Å². The lowest BCUT2D eigenvalue weighted by atomic mass is 9.99. The van der Waals surface area contributed by atoms with Crippen molar-refractivity contribution in [3.8, 4) is 0 Å². The number of hydrogen-bond donors (Lipinski definition) is 6. The van der Waals surface area contributed by atoms with Crippen LogP contribution in [-0.4, -0.2) is 93.6 Å². The lowest BCUT2D eigenvalue weighted by Gasteiger charge is -2.42. The van der Waals surface area contributed by atoms with Crippen LogP contribution in [0.2, 0.25) is 0 Å². The van der Waals surface area contributed by atoms with Gasteiger partial charge in [-0.1, -0.05) is 210 Å². The standard InChI is InChI=1S/C61H105NO9/c1-3-5-7-9-11-14-20-29-37-49-43-51(49)39-31-22-16-13-17-24-33-41-54(64)53(47-70-61-59(58(67)57(66)56(45-63)71-61)69-46-48-35-27-26-28-36-48)62-60(68)55(65)42-34-25-19-18-23-32-40-52-44-50(52)38-30-21-15-12-10-8-6-4-2/h13,17,19,25-28,35-36,49-59,61,63-67H,3-12,14-16,18,20-24,29-34,37-47H2,1-2H3,(H,62,68)/b17-13-,25-19-/t49-,50-,51+,52+,53-,54+,55+,56+,57-,58-,59+,61+/m0/s1. The minimum absolute atomic E-state index is 0.111. The molecule has 0 spiro atoms. The summed E-state index contributed by atoms with van der Waals surface area (Å²) in [6.45, 7) is 3.90. The fourth-order valence-corrected chi connectivity index (χ4v) is 10.8. The summed E-state index contributed by atoms with van der Waals surface area (Å²) in [4.78, 5) is 13.4. The molecular weight excluding hydrogens is 891 g/mol. The van der Waals surface area contributed by atoms with Gasteiger partial charge < -0.3 is 45.1 Å². The SMILES string of the molecule is CCCCCCCCCC[C@H]1C[C@H]1CCCC/C=C\CCC[C@@H](O)[C@H](CO[C@@H]1O[C@H](CO)[C@H](O)[C@H](O)[C@H]1OCc1ccccc1)NC(=O)[C@H](O)CC/C=C\CCCC[C@@H]1C[C@@H]1CCCCCCCCCC. The summed E-state index contributed by atoms with van der Waals surface area (Å²) in [7, 11) is 0. The van der Waals surface area contributed by atoms with Gasteiger partial charge in [0.15, 0.2) is 6.29 Å². The first-order valence-corrected chi connectivity index (χ1v) is 29.6. The molecule has 1 aromatic rings. The summed E-state index contributed by atoms with van der Waals surface area (Å²) in [5.74, 6) is 3.23. The highest BCUT2D eigenvalue weighted by molar-refractivity contribution is 5.80. The number of ether oxygens (including phenoxy) is 3. The Labute approximate surface area is 432 Å². The quantitative estimate of drug-likeness (QED) is 0.0276. The van der Waals surface area contributed by atoms with Gasteiger partial charge in [-0.3, -0.25) is 4.79 Å². The average Bonchev–Trinajstić information content (AvgIpc) is 4.32. The molecule has 2 aliphatic carbocycles. The number of nitrogens with one attached hydrogen (secondary N) is 1. The summed E-state index contributed by atoms with van der Waals surface area (Å²) >= 11 is 0. The molecule has 3 aliphatic rings. The largest absolute Gasteiger partial charge is 0.394 e. The Morgan fingerprint density at radius 1 is 0.620 bits per heavy atom. The number of allylic oxidation sites excluding steroid dienone is 4. The molecule has 1 aliphatic heterocycles. The van der Waals surface area contributed by atoms with E-state index < -0.39 is 61.5 Å². The third kappa shape index (κ3) is 26.8. The molecule has 0 bridgehead atoms. The Kier molecular flexibility index (Phi) is 33.2. The second-order valence-electron chi connectivity index (χ2n) is 22.1. The summed E-state index contributed by atoms with van der Waals surface area (Å²) in [6.07, 6.45) is 40.4. The number of carbonyl (C=O) groups excluding carboxylic acids is 1. The van der Waals surface area contributed by atoms with E-state index in [0.717, 1.165) is 54.9 Å². The van der Waals surface area contributed by atoms with E-state index in [2.05, 4.69) is 43.5 Å². The van der Waals surface area contributed by atoms with E-state index in [1.54, 1.807) is 0 Å². The topological polar surface area (TPSA) is 158 Å². The molecule has 10 nitrogen and oxygen atoms in total. The number of aliphatic hydroxyl groups is 5. The fraction of sp³-hybridized carbons (Fsp3) is 0.820. The Morgan fingerprint density at radius 3 is 1.62 bits per heavy atom. The van der Waals surface area contributed by atoms with Crippen LogP contribution < -0.4 is 5.32 Å². The molecule has 0 aromatic heterocycles. The van der Waals surface area contributed by atoms with Gasteiger partial charge in [0, 0.05) is 0 Å². The van der Waals surface area contributed by atoms with Crippen molar-refractivity contribution in [2.24, 2.45) is 23.7 Å². The maximum Gasteiger partial charge on any atom is 0.249 e. The molecule has 3 fully saturated rings. The van der Waals surface area contributed by atoms with Crippen LogP contribution >= 0.6 is 0 Å². The normalized spacial score (nSPS) is 25.5. The van der Waals surface area contributed by atoms with Gasteiger partial charge in [0.2, 0.25) is 5.91 Å². The van der Waals surface area contributed by atoms with E-state index in [0.29, 0.717) is 19.3 Å². The van der Waals surface area contributed by atoms with E-state index in [1.165, 1.54) is 161 Å². The van der Waals surface area contributed by atoms with Gasteiger partial charge in [-0.15, -0.1) is 0 Å². The van der Waals surface area contributed by atoms with Gasteiger partial charge in [0.25, 0.3) is 0 Å². The van der Waals surface area contributed by atoms with Crippen molar-refractivity contribution in [3.63, 3.8) is 0 Å². The van der Waals surface area contributed by atoms with Gasteiger partial charge in [0.1, 0.15) is 30.5 Å². The number of unbranched alkanes of at least 4 members (excludes halogenated alkanes) is 19. The zero-order chi connectivity index (χ0) is 50.7. The smallest absolute Gasteiger partial charge is 0.249 e. The van der Waals surface area contributed by atoms with E-state index in [9.17, 15) is 30.3 Å². The molecule has 1 heterocycles. The van der Waals surface area contributed by atoms with Crippen molar-refractivity contribution < 1.29 is 44.5 Å². The lowest BCUT2D eigenvalue weighted by Crippen LogP contribution is -2.61. The maximum atomic E-state index is 13.4. The van der Waals surface area contributed by atoms with Crippen molar-refractivity contribution in [1.29, 1.82) is 0 Å². The molecule has 1 saturated heterocycles. The van der Waals surface area contributed by atoms with Crippen LogP contribution in [0.4, 0.5) is 0 Å². The molecule has 2 saturated carbocycles. The zero-order valence-corrected chi connectivity index (χ0v) is 44.9. The molecule has 1 amide bonds. The lowest BCUT2D eigenvalue weighted by molar-refractivity contribution is -0.313. The Hall–Kier alpha value is -2.15. The highest BCUT2D eigenvalue weighted by atomic mass is 16.7. The number of rotatable bonds is 45. The van der Waals surface area contributed by atoms with Gasteiger partial charge in [-0.25, -0.2) is 0 Å². The summed E-state index contributed by atoms with van der Waals surface area (Å²) in [6, 6.07) is 8.49. The predicted molar refractivity (Wildman–Crippen MR) is 289 cm³/mol. The highest BCUT2D eigenvalue weighted by Crippen LogP contribution is 2.46. The van der Waals surface area contributed by atoms with Crippen molar-refractivity contribution in [3.05, 3.63) is 60.2 Å². The molecule has 0 unspecified atom stereocenters. The third-order valence-electron chi connectivity index (χ3n) is 15.8. The molecule has 408 valence electrons. The average molecular weight is 997 g/mol. The number of hydrogen-bond acceptors (Lipinski definition) is 9. The maximum absolute atomic E-state index is 13.4. The van der Waals surface area contributed by atoms with Crippen molar-refractivity contribution in [2.75, 3.05) is 13.2 Å². The van der Waals surface area contributed by atoms with Crippen LogP contribution in [0.25, 0.3) is 0 Å². The number of benzene rings is 1. The minimum Gasteiger partial charge on any atom is -0.394 e. The predicted octanol–water partition coefficient (Wildman–Crippen LogP) is 12.8. The Bertz CT molecular complexity index is 1510. The van der Waals surface area contributed by atoms with Crippen LogP contribution in [0, 0.1) is 23.7 Å². The molecular formula is C61H105NO9. The monoisotopic (exact) mass is 996 g/mol. The Balaban J connectivity index is 1.15. The molecule has 4 rings (SSSR count). The number of aliphatic hydroxyl groups excluding tert-OH is 5. The molecule has 6 N–H and O–H groups in total. The second kappa shape index (κ2) is 38.4. The minimum atomic E-state index is -1.43. The zero-order valence-electron chi connectivity index (χ0n) is 44.9.